The SMILES string of the molecule is CCOC(=O)c1c(C)[nH]c(C(=O)[C@H](C)Sc2nc(C)c(C)n2C[C@H]2CCCO2)c1C. The molecule has 8 heteroatoms. The van der Waals surface area contributed by atoms with Crippen LogP contribution in [0, 0.1) is 27.7 Å². The maximum atomic E-state index is 13.2. The first-order chi connectivity index (χ1) is 14.2. The number of nitrogens with one attached hydrogen (secondary N) is 1. The van der Waals surface area contributed by atoms with Crippen LogP contribution in [0.3, 0.4) is 0 Å². The molecule has 1 fully saturated rings. The molecule has 0 spiro atoms. The van der Waals surface area contributed by atoms with Gasteiger partial charge in [-0.05, 0) is 59.9 Å². The minimum absolute atomic E-state index is 0.0573. The van der Waals surface area contributed by atoms with E-state index in [1.54, 1.807) is 20.8 Å². The predicted octanol–water partition coefficient (Wildman–Crippen LogP) is 4.16. The standard InChI is InChI=1S/C22H31N3O4S/c1-7-28-21(27)18-12(2)19(23-14(18)4)20(26)16(6)30-22-24-13(3)15(5)25(22)11-17-9-8-10-29-17/h16-17,23H,7-11H2,1-6H3/t16-,17+/m0/s1. The van der Waals surface area contributed by atoms with Crippen LogP contribution in [0.25, 0.3) is 0 Å². The Hall–Kier alpha value is -2.06. The number of hydrogen-bond acceptors (Lipinski definition) is 6. The molecular formula is C22H31N3O4S. The second-order valence-corrected chi connectivity index (χ2v) is 9.09. The summed E-state index contributed by atoms with van der Waals surface area (Å²) in [6.07, 6.45) is 2.33. The van der Waals surface area contributed by atoms with Crippen LogP contribution in [0.1, 0.15) is 70.2 Å². The van der Waals surface area contributed by atoms with Crippen molar-refractivity contribution in [1.82, 2.24) is 14.5 Å². The number of rotatable bonds is 8. The highest BCUT2D eigenvalue weighted by Gasteiger charge is 2.28. The largest absolute Gasteiger partial charge is 0.462 e. The lowest BCUT2D eigenvalue weighted by molar-refractivity contribution is 0.0525. The fraction of sp³-hybridized carbons (Fsp3) is 0.591. The summed E-state index contributed by atoms with van der Waals surface area (Å²) in [5, 5.41) is 0.467. The molecule has 0 aliphatic carbocycles. The molecule has 2 atom stereocenters. The molecule has 0 bridgehead atoms. The Balaban J connectivity index is 1.81. The summed E-state index contributed by atoms with van der Waals surface area (Å²) in [5.41, 5.74) is 4.26. The molecule has 1 saturated heterocycles. The van der Waals surface area contributed by atoms with Crippen LogP contribution >= 0.6 is 11.8 Å². The van der Waals surface area contributed by atoms with E-state index in [1.807, 2.05) is 13.8 Å². The molecule has 3 rings (SSSR count). The highest BCUT2D eigenvalue weighted by molar-refractivity contribution is 8.00. The van der Waals surface area contributed by atoms with Crippen LogP contribution in [-0.2, 0) is 16.0 Å². The van der Waals surface area contributed by atoms with Crippen molar-refractivity contribution in [1.29, 1.82) is 0 Å². The smallest absolute Gasteiger partial charge is 0.340 e. The first-order valence-corrected chi connectivity index (χ1v) is 11.3. The summed E-state index contributed by atoms with van der Waals surface area (Å²) in [7, 11) is 0. The van der Waals surface area contributed by atoms with E-state index in [-0.39, 0.29) is 17.1 Å². The van der Waals surface area contributed by atoms with Crippen LogP contribution in [0.15, 0.2) is 5.16 Å². The van der Waals surface area contributed by atoms with E-state index in [9.17, 15) is 9.59 Å². The van der Waals surface area contributed by atoms with E-state index in [1.165, 1.54) is 11.8 Å². The number of carbonyl (C=O) groups excluding carboxylic acids is 2. The molecule has 2 aromatic heterocycles. The number of Topliss-reactive ketones (excluding diaryl/α,β-unsaturated/α-hetero) is 1. The van der Waals surface area contributed by atoms with E-state index in [2.05, 4.69) is 16.5 Å². The normalized spacial score (nSPS) is 17.3. The number of thioether (sulfide) groups is 1. The fourth-order valence-corrected chi connectivity index (χ4v) is 4.91. The third-order valence-corrected chi connectivity index (χ3v) is 6.74. The zero-order valence-electron chi connectivity index (χ0n) is 18.6. The predicted molar refractivity (Wildman–Crippen MR) is 117 cm³/mol. The Kier molecular flexibility index (Phi) is 7.08. The van der Waals surface area contributed by atoms with Gasteiger partial charge >= 0.3 is 5.97 Å². The van der Waals surface area contributed by atoms with Crippen LogP contribution in [0.4, 0.5) is 0 Å². The van der Waals surface area contributed by atoms with Gasteiger partial charge in [-0.3, -0.25) is 4.79 Å². The minimum Gasteiger partial charge on any atom is -0.462 e. The molecule has 1 N–H and O–H groups in total. The Morgan fingerprint density at radius 2 is 2.07 bits per heavy atom. The van der Waals surface area contributed by atoms with Crippen molar-refractivity contribution < 1.29 is 19.1 Å². The van der Waals surface area contributed by atoms with Crippen LogP contribution in [-0.4, -0.2) is 50.9 Å². The second kappa shape index (κ2) is 9.39. The van der Waals surface area contributed by atoms with E-state index < -0.39 is 5.97 Å². The number of H-pyrrole nitrogens is 1. The number of hydrogen-bond donors (Lipinski definition) is 1. The topological polar surface area (TPSA) is 86.2 Å². The number of ether oxygens (including phenoxy) is 2. The number of nitrogens with zero attached hydrogens (tertiary/aromatic N) is 2. The van der Waals surface area contributed by atoms with Gasteiger partial charge in [0.25, 0.3) is 0 Å². The van der Waals surface area contributed by atoms with Gasteiger partial charge in [-0.25, -0.2) is 9.78 Å². The van der Waals surface area contributed by atoms with Crippen molar-refractivity contribution in [3.05, 3.63) is 33.9 Å². The molecule has 1 aliphatic rings. The Labute approximate surface area is 181 Å². The summed E-state index contributed by atoms with van der Waals surface area (Å²) < 4.78 is 13.1. The minimum atomic E-state index is -0.401. The van der Waals surface area contributed by atoms with Gasteiger partial charge in [0.05, 0.1) is 41.5 Å². The summed E-state index contributed by atoms with van der Waals surface area (Å²) in [5.74, 6) is -0.459. The highest BCUT2D eigenvalue weighted by Crippen LogP contribution is 2.30. The lowest BCUT2D eigenvalue weighted by Crippen LogP contribution is -2.19. The monoisotopic (exact) mass is 433 g/mol. The van der Waals surface area contributed by atoms with Gasteiger partial charge in [0.1, 0.15) is 0 Å². The van der Waals surface area contributed by atoms with Crippen molar-refractivity contribution in [3.63, 3.8) is 0 Å². The third kappa shape index (κ3) is 4.49. The van der Waals surface area contributed by atoms with E-state index >= 15 is 0 Å². The van der Waals surface area contributed by atoms with Gasteiger partial charge in [0.2, 0.25) is 0 Å². The van der Waals surface area contributed by atoms with Crippen molar-refractivity contribution in [2.75, 3.05) is 13.2 Å². The van der Waals surface area contributed by atoms with Gasteiger partial charge < -0.3 is 19.0 Å². The molecule has 30 heavy (non-hydrogen) atoms. The lowest BCUT2D eigenvalue weighted by atomic mass is 10.1. The molecule has 0 radical (unpaired) electrons. The first kappa shape index (κ1) is 22.6. The fourth-order valence-electron chi connectivity index (χ4n) is 3.84. The molecule has 2 aromatic rings. The summed E-state index contributed by atoms with van der Waals surface area (Å²) in [6, 6.07) is 0. The van der Waals surface area contributed by atoms with Crippen molar-refractivity contribution in [2.45, 2.75) is 77.4 Å². The van der Waals surface area contributed by atoms with Gasteiger partial charge in [0, 0.05) is 18.0 Å². The number of aromatic nitrogens is 3. The molecule has 0 saturated carbocycles. The Morgan fingerprint density at radius 1 is 1.33 bits per heavy atom. The van der Waals surface area contributed by atoms with E-state index in [0.29, 0.717) is 29.1 Å². The second-order valence-electron chi connectivity index (χ2n) is 7.78. The summed E-state index contributed by atoms with van der Waals surface area (Å²) in [4.78, 5) is 33.2. The zero-order chi connectivity index (χ0) is 22.0. The molecule has 7 nitrogen and oxygen atoms in total. The van der Waals surface area contributed by atoms with E-state index in [0.717, 1.165) is 42.5 Å². The third-order valence-electron chi connectivity index (χ3n) is 5.65. The van der Waals surface area contributed by atoms with Gasteiger partial charge in [-0.1, -0.05) is 11.8 Å². The maximum Gasteiger partial charge on any atom is 0.340 e. The Bertz CT molecular complexity index is 941. The van der Waals surface area contributed by atoms with Crippen molar-refractivity contribution in [2.24, 2.45) is 0 Å². The summed E-state index contributed by atoms with van der Waals surface area (Å²) in [6.45, 7) is 13.1. The number of carbonyl (C=O) groups is 2. The maximum absolute atomic E-state index is 13.2. The highest BCUT2D eigenvalue weighted by atomic mass is 32.2. The Morgan fingerprint density at radius 3 is 2.70 bits per heavy atom. The molecular weight excluding hydrogens is 402 g/mol. The van der Waals surface area contributed by atoms with Crippen LogP contribution < -0.4 is 0 Å². The van der Waals surface area contributed by atoms with Gasteiger partial charge in [0.15, 0.2) is 10.9 Å². The molecule has 1 aliphatic heterocycles. The molecule has 0 amide bonds. The van der Waals surface area contributed by atoms with Crippen LogP contribution in [0.5, 0.6) is 0 Å². The number of imidazole rings is 1. The number of aromatic amines is 1. The average molecular weight is 434 g/mol. The average Bonchev–Trinajstić information content (AvgIpc) is 3.37. The van der Waals surface area contributed by atoms with Gasteiger partial charge in [-0.2, -0.15) is 0 Å². The summed E-state index contributed by atoms with van der Waals surface area (Å²) >= 11 is 1.44. The number of ketones is 1. The van der Waals surface area contributed by atoms with Gasteiger partial charge in [-0.15, -0.1) is 0 Å². The molecule has 0 unspecified atom stereocenters. The lowest BCUT2D eigenvalue weighted by Gasteiger charge is -2.16. The van der Waals surface area contributed by atoms with E-state index in [4.69, 9.17) is 14.5 Å². The van der Waals surface area contributed by atoms with Crippen molar-refractivity contribution >= 4 is 23.5 Å². The molecule has 0 aromatic carbocycles. The quantitative estimate of drug-likeness (QED) is 0.382. The number of aryl methyl sites for hydroxylation is 2. The number of esters is 1. The first-order valence-electron chi connectivity index (χ1n) is 10.5. The van der Waals surface area contributed by atoms with Crippen LogP contribution in [0.2, 0.25) is 0 Å². The molecule has 3 heterocycles. The van der Waals surface area contributed by atoms with Crippen molar-refractivity contribution in [3.8, 4) is 0 Å². The molecule has 164 valence electrons. The zero-order valence-corrected chi connectivity index (χ0v) is 19.4.